The topological polar surface area (TPSA) is 77.2 Å². The van der Waals surface area contributed by atoms with E-state index in [4.69, 9.17) is 9.26 Å². The molecule has 6 nitrogen and oxygen atoms in total. The molecule has 0 aliphatic rings. The van der Waals surface area contributed by atoms with Gasteiger partial charge in [-0.2, -0.15) is 0 Å². The van der Waals surface area contributed by atoms with E-state index in [9.17, 15) is 4.79 Å². The van der Waals surface area contributed by atoms with E-state index in [2.05, 4.69) is 27.6 Å². The highest BCUT2D eigenvalue weighted by molar-refractivity contribution is 7.14. The molecule has 0 fully saturated rings. The Kier molecular flexibility index (Phi) is 5.02. The van der Waals surface area contributed by atoms with Gasteiger partial charge in [0, 0.05) is 24.1 Å². The third kappa shape index (κ3) is 3.87. The molecule has 3 aromatic rings. The van der Waals surface area contributed by atoms with Crippen LogP contribution >= 0.6 is 11.3 Å². The van der Waals surface area contributed by atoms with Gasteiger partial charge in [-0.1, -0.05) is 29.4 Å². The van der Waals surface area contributed by atoms with Crippen molar-refractivity contribution in [2.45, 2.75) is 13.3 Å². The average molecular weight is 343 g/mol. The van der Waals surface area contributed by atoms with E-state index in [0.29, 0.717) is 17.4 Å². The number of hydrogen-bond acceptors (Lipinski definition) is 6. The zero-order valence-corrected chi connectivity index (χ0v) is 14.2. The highest BCUT2D eigenvalue weighted by atomic mass is 32.1. The normalized spacial score (nSPS) is 10.8. The summed E-state index contributed by atoms with van der Waals surface area (Å²) in [5, 5.41) is 8.85. The van der Waals surface area contributed by atoms with Crippen molar-refractivity contribution in [3.63, 3.8) is 0 Å². The number of ether oxygens (including phenoxy) is 1. The monoisotopic (exact) mass is 343 g/mol. The van der Waals surface area contributed by atoms with E-state index < -0.39 is 0 Å². The van der Waals surface area contributed by atoms with Crippen LogP contribution in [0, 0.1) is 6.92 Å². The summed E-state index contributed by atoms with van der Waals surface area (Å²) in [6, 6.07) is 9.74. The fraction of sp³-hybridized carbons (Fsp3) is 0.235. The molecule has 0 saturated heterocycles. The van der Waals surface area contributed by atoms with Gasteiger partial charge >= 0.3 is 0 Å². The molecule has 0 aliphatic carbocycles. The lowest BCUT2D eigenvalue weighted by Crippen LogP contribution is -2.10. The van der Waals surface area contributed by atoms with Crippen LogP contribution in [0.2, 0.25) is 0 Å². The summed E-state index contributed by atoms with van der Waals surface area (Å²) in [5.41, 5.74) is 3.70. The molecule has 3 rings (SSSR count). The van der Waals surface area contributed by atoms with E-state index in [-0.39, 0.29) is 11.7 Å². The van der Waals surface area contributed by atoms with E-state index in [1.165, 1.54) is 16.9 Å². The smallest absolute Gasteiger partial charge is 0.296 e. The first-order chi connectivity index (χ1) is 11.7. The van der Waals surface area contributed by atoms with Crippen molar-refractivity contribution >= 4 is 22.4 Å². The number of carbonyl (C=O) groups excluding carboxylic acids is 1. The highest BCUT2D eigenvalue weighted by Gasteiger charge is 2.14. The summed E-state index contributed by atoms with van der Waals surface area (Å²) >= 11 is 1.37. The lowest BCUT2D eigenvalue weighted by molar-refractivity contribution is 0.0988. The van der Waals surface area contributed by atoms with Crippen molar-refractivity contribution in [2.75, 3.05) is 19.0 Å². The lowest BCUT2D eigenvalue weighted by atomic mass is 10.1. The van der Waals surface area contributed by atoms with Crippen molar-refractivity contribution in [1.29, 1.82) is 0 Å². The average Bonchev–Trinajstić information content (AvgIpc) is 3.22. The summed E-state index contributed by atoms with van der Waals surface area (Å²) in [7, 11) is 1.69. The molecule has 0 saturated carbocycles. The van der Waals surface area contributed by atoms with Gasteiger partial charge in [0.05, 0.1) is 18.0 Å². The van der Waals surface area contributed by atoms with Crippen LogP contribution in [-0.4, -0.2) is 29.8 Å². The number of nitrogens with one attached hydrogen (secondary N) is 1. The van der Waals surface area contributed by atoms with Crippen molar-refractivity contribution < 1.29 is 14.1 Å². The quantitative estimate of drug-likeness (QED) is 0.740. The summed E-state index contributed by atoms with van der Waals surface area (Å²) in [6.07, 6.45) is 0.881. The minimum Gasteiger partial charge on any atom is -0.384 e. The first kappa shape index (κ1) is 16.4. The van der Waals surface area contributed by atoms with Gasteiger partial charge in [-0.15, -0.1) is 11.3 Å². The number of aromatic nitrogens is 2. The first-order valence-electron chi connectivity index (χ1n) is 7.44. The van der Waals surface area contributed by atoms with Crippen molar-refractivity contribution in [2.24, 2.45) is 0 Å². The molecular weight excluding hydrogens is 326 g/mol. The number of anilines is 1. The molecule has 0 bridgehead atoms. The van der Waals surface area contributed by atoms with Crippen LogP contribution in [0.25, 0.3) is 11.3 Å². The van der Waals surface area contributed by atoms with Crippen molar-refractivity contribution in [3.8, 4) is 11.3 Å². The molecule has 7 heteroatoms. The second-order valence-corrected chi connectivity index (χ2v) is 6.12. The molecule has 0 radical (unpaired) electrons. The Morgan fingerprint density at radius 1 is 1.33 bits per heavy atom. The molecule has 124 valence electrons. The summed E-state index contributed by atoms with van der Waals surface area (Å²) in [6.45, 7) is 2.46. The van der Waals surface area contributed by atoms with Crippen LogP contribution in [0.5, 0.6) is 0 Å². The Bertz CT molecular complexity index is 824. The molecule has 2 heterocycles. The zero-order chi connectivity index (χ0) is 16.9. The first-order valence-corrected chi connectivity index (χ1v) is 8.32. The molecule has 0 aliphatic heterocycles. The second-order valence-electron chi connectivity index (χ2n) is 5.26. The van der Waals surface area contributed by atoms with E-state index in [1.807, 2.05) is 17.5 Å². The Morgan fingerprint density at radius 3 is 2.79 bits per heavy atom. The standard InChI is InChI=1S/C17H17N3O3S/c1-11-9-15(23-20-11)16(21)19-17-18-14(10-24-17)13-5-3-12(4-6-13)7-8-22-2/h3-6,9-10H,7-8H2,1-2H3,(H,18,19,21). The Morgan fingerprint density at radius 2 is 2.12 bits per heavy atom. The zero-order valence-electron chi connectivity index (χ0n) is 13.4. The highest BCUT2D eigenvalue weighted by Crippen LogP contribution is 2.25. The molecular formula is C17H17N3O3S. The van der Waals surface area contributed by atoms with Crippen LogP contribution in [0.3, 0.4) is 0 Å². The van der Waals surface area contributed by atoms with Crippen LogP contribution in [0.1, 0.15) is 21.8 Å². The van der Waals surface area contributed by atoms with Crippen molar-refractivity contribution in [1.82, 2.24) is 10.1 Å². The van der Waals surface area contributed by atoms with Crippen LogP contribution in [0.15, 0.2) is 40.2 Å². The number of rotatable bonds is 6. The molecule has 24 heavy (non-hydrogen) atoms. The van der Waals surface area contributed by atoms with Gasteiger partial charge in [-0.05, 0) is 18.9 Å². The van der Waals surface area contributed by atoms with Gasteiger partial charge in [0.15, 0.2) is 5.13 Å². The molecule has 1 N–H and O–H groups in total. The number of aryl methyl sites for hydroxylation is 1. The number of benzene rings is 1. The van der Waals surface area contributed by atoms with Gasteiger partial charge < -0.3 is 9.26 Å². The fourth-order valence-electron chi connectivity index (χ4n) is 2.16. The lowest BCUT2D eigenvalue weighted by Gasteiger charge is -2.02. The number of nitrogens with zero attached hydrogens (tertiary/aromatic N) is 2. The number of thiazole rings is 1. The maximum absolute atomic E-state index is 12.0. The number of methoxy groups -OCH3 is 1. The summed E-state index contributed by atoms with van der Waals surface area (Å²) in [5.74, 6) is -0.182. The second kappa shape index (κ2) is 7.37. The molecule has 1 aromatic carbocycles. The van der Waals surface area contributed by atoms with Gasteiger partial charge in [-0.25, -0.2) is 4.98 Å². The van der Waals surface area contributed by atoms with Crippen molar-refractivity contribution in [3.05, 3.63) is 52.7 Å². The van der Waals surface area contributed by atoms with E-state index in [1.54, 1.807) is 20.1 Å². The Labute approximate surface area is 143 Å². The van der Waals surface area contributed by atoms with Crippen LogP contribution in [-0.2, 0) is 11.2 Å². The SMILES string of the molecule is COCCc1ccc(-c2csc(NC(=O)c3cc(C)no3)n2)cc1. The predicted molar refractivity (Wildman–Crippen MR) is 92.3 cm³/mol. The molecule has 0 unspecified atom stereocenters. The van der Waals surface area contributed by atoms with Gasteiger partial charge in [-0.3, -0.25) is 10.1 Å². The molecule has 2 aromatic heterocycles. The minimum absolute atomic E-state index is 0.173. The summed E-state index contributed by atoms with van der Waals surface area (Å²) in [4.78, 5) is 16.5. The number of hydrogen-bond donors (Lipinski definition) is 1. The van der Waals surface area contributed by atoms with Gasteiger partial charge in [0.2, 0.25) is 5.76 Å². The maximum Gasteiger partial charge on any atom is 0.296 e. The summed E-state index contributed by atoms with van der Waals surface area (Å²) < 4.78 is 10.0. The van der Waals surface area contributed by atoms with E-state index >= 15 is 0 Å². The molecule has 1 amide bonds. The Balaban J connectivity index is 1.67. The Hall–Kier alpha value is -2.51. The maximum atomic E-state index is 12.0. The minimum atomic E-state index is -0.355. The van der Waals surface area contributed by atoms with Gasteiger partial charge in [0.25, 0.3) is 5.91 Å². The van der Waals surface area contributed by atoms with Gasteiger partial charge in [0.1, 0.15) is 0 Å². The molecule has 0 atom stereocenters. The van der Waals surface area contributed by atoms with Crippen LogP contribution in [0.4, 0.5) is 5.13 Å². The predicted octanol–water partition coefficient (Wildman–Crippen LogP) is 3.55. The third-order valence-corrected chi connectivity index (χ3v) is 4.18. The number of amides is 1. The molecule has 0 spiro atoms. The fourth-order valence-corrected chi connectivity index (χ4v) is 2.87. The third-order valence-electron chi connectivity index (χ3n) is 3.42. The van der Waals surface area contributed by atoms with E-state index in [0.717, 1.165) is 17.7 Å². The number of carbonyl (C=O) groups is 1. The largest absolute Gasteiger partial charge is 0.384 e. The van der Waals surface area contributed by atoms with Crippen LogP contribution < -0.4 is 5.32 Å².